The number of halogens is 1. The largest absolute Gasteiger partial charge is 0.366 e. The maximum Gasteiger partial charge on any atom is 0.255 e. The minimum atomic E-state index is -0.698. The van der Waals surface area contributed by atoms with Crippen LogP contribution in [0.25, 0.3) is 11.4 Å². The van der Waals surface area contributed by atoms with Crippen molar-refractivity contribution in [3.63, 3.8) is 0 Å². The molecule has 0 spiro atoms. The van der Waals surface area contributed by atoms with Gasteiger partial charge < -0.3 is 11.1 Å². The lowest BCUT2D eigenvalue weighted by Crippen LogP contribution is -2.16. The Labute approximate surface area is 141 Å². The molecule has 4 N–H and O–H groups in total. The van der Waals surface area contributed by atoms with Crippen LogP contribution in [0.1, 0.15) is 20.7 Å². The number of hydrogen-bond donors (Lipinski definition) is 3. The molecule has 1 aromatic heterocycles. The Morgan fingerprint density at radius 1 is 1.12 bits per heavy atom. The molecule has 3 rings (SSSR count). The van der Waals surface area contributed by atoms with Crippen molar-refractivity contribution >= 4 is 29.1 Å². The molecule has 2 aromatic carbocycles. The molecule has 0 saturated carbocycles. The summed E-state index contributed by atoms with van der Waals surface area (Å²) in [6.07, 6.45) is 0. The molecule has 0 bridgehead atoms. The number of aromatic amines is 1. The van der Waals surface area contributed by atoms with Crippen LogP contribution in [0.15, 0.2) is 42.5 Å². The van der Waals surface area contributed by atoms with Crippen LogP contribution in [0.3, 0.4) is 0 Å². The molecule has 0 unspecified atom stereocenters. The van der Waals surface area contributed by atoms with Gasteiger partial charge in [0, 0.05) is 21.8 Å². The molecule has 1 heterocycles. The van der Waals surface area contributed by atoms with E-state index in [0.29, 0.717) is 16.3 Å². The number of primary amides is 1. The fourth-order valence-corrected chi connectivity index (χ4v) is 2.22. The Morgan fingerprint density at radius 3 is 2.50 bits per heavy atom. The lowest BCUT2D eigenvalue weighted by atomic mass is 10.0. The molecule has 24 heavy (non-hydrogen) atoms. The molecule has 3 aromatic rings. The van der Waals surface area contributed by atoms with Gasteiger partial charge in [0.25, 0.3) is 5.91 Å². The minimum absolute atomic E-state index is 0.125. The molecule has 0 aliphatic heterocycles. The van der Waals surface area contributed by atoms with Gasteiger partial charge in [-0.1, -0.05) is 11.6 Å². The third kappa shape index (κ3) is 3.23. The average molecular weight is 343 g/mol. The summed E-state index contributed by atoms with van der Waals surface area (Å²) in [6.45, 7) is 0. The SMILES string of the molecule is NC(=O)c1cc(C(=O)Nc2ccc(Cl)cc2)ccc1-c1nn[nH]n1. The maximum atomic E-state index is 12.3. The van der Waals surface area contributed by atoms with Crippen molar-refractivity contribution in [2.45, 2.75) is 0 Å². The van der Waals surface area contributed by atoms with Crippen molar-refractivity contribution in [1.29, 1.82) is 0 Å². The Morgan fingerprint density at radius 2 is 1.88 bits per heavy atom. The topological polar surface area (TPSA) is 127 Å². The second-order valence-corrected chi connectivity index (χ2v) is 5.26. The van der Waals surface area contributed by atoms with Crippen LogP contribution in [-0.4, -0.2) is 32.4 Å². The van der Waals surface area contributed by atoms with Gasteiger partial charge in [-0.15, -0.1) is 10.2 Å². The van der Waals surface area contributed by atoms with E-state index in [2.05, 4.69) is 25.9 Å². The van der Waals surface area contributed by atoms with E-state index in [9.17, 15) is 9.59 Å². The van der Waals surface area contributed by atoms with Crippen molar-refractivity contribution in [3.8, 4) is 11.4 Å². The number of amides is 2. The van der Waals surface area contributed by atoms with Crippen LogP contribution in [0.2, 0.25) is 5.02 Å². The lowest BCUT2D eigenvalue weighted by molar-refractivity contribution is 0.100. The normalized spacial score (nSPS) is 10.4. The maximum absolute atomic E-state index is 12.3. The quantitative estimate of drug-likeness (QED) is 0.667. The Bertz CT molecular complexity index is 893. The molecule has 0 atom stereocenters. The fourth-order valence-electron chi connectivity index (χ4n) is 2.10. The summed E-state index contributed by atoms with van der Waals surface area (Å²) in [5.74, 6) is -0.871. The second-order valence-electron chi connectivity index (χ2n) is 4.82. The van der Waals surface area contributed by atoms with E-state index in [1.807, 2.05) is 0 Å². The molecule has 9 heteroatoms. The summed E-state index contributed by atoms with van der Waals surface area (Å²) >= 11 is 5.80. The van der Waals surface area contributed by atoms with E-state index in [4.69, 9.17) is 17.3 Å². The number of nitrogens with one attached hydrogen (secondary N) is 2. The molecule has 120 valence electrons. The average Bonchev–Trinajstić information content (AvgIpc) is 3.10. The molecule has 2 amide bonds. The molecule has 0 saturated heterocycles. The summed E-state index contributed by atoms with van der Waals surface area (Å²) in [6, 6.07) is 11.1. The molecular formula is C15H11ClN6O2. The smallest absolute Gasteiger partial charge is 0.255 e. The zero-order chi connectivity index (χ0) is 17.1. The van der Waals surface area contributed by atoms with Gasteiger partial charge in [0.05, 0.1) is 5.56 Å². The van der Waals surface area contributed by atoms with Gasteiger partial charge >= 0.3 is 0 Å². The van der Waals surface area contributed by atoms with Crippen LogP contribution >= 0.6 is 11.6 Å². The van der Waals surface area contributed by atoms with E-state index < -0.39 is 5.91 Å². The Kier molecular flexibility index (Phi) is 4.21. The third-order valence-corrected chi connectivity index (χ3v) is 3.49. The van der Waals surface area contributed by atoms with Crippen molar-refractivity contribution in [2.24, 2.45) is 5.73 Å². The van der Waals surface area contributed by atoms with Gasteiger partial charge in [0.2, 0.25) is 11.7 Å². The number of benzene rings is 2. The first-order valence-electron chi connectivity index (χ1n) is 6.79. The highest BCUT2D eigenvalue weighted by Crippen LogP contribution is 2.21. The van der Waals surface area contributed by atoms with Crippen LogP contribution < -0.4 is 11.1 Å². The van der Waals surface area contributed by atoms with Crippen molar-refractivity contribution < 1.29 is 9.59 Å². The van der Waals surface area contributed by atoms with Crippen molar-refractivity contribution in [2.75, 3.05) is 5.32 Å². The highest BCUT2D eigenvalue weighted by atomic mass is 35.5. The van der Waals surface area contributed by atoms with Crippen LogP contribution in [-0.2, 0) is 0 Å². The monoisotopic (exact) mass is 342 g/mol. The first kappa shape index (κ1) is 15.6. The van der Waals surface area contributed by atoms with E-state index in [1.54, 1.807) is 36.4 Å². The molecule has 0 fully saturated rings. The Balaban J connectivity index is 1.91. The summed E-state index contributed by atoms with van der Waals surface area (Å²) < 4.78 is 0. The lowest BCUT2D eigenvalue weighted by Gasteiger charge is -2.08. The van der Waals surface area contributed by atoms with Gasteiger partial charge in [-0.25, -0.2) is 0 Å². The molecule has 0 aliphatic carbocycles. The molecule has 0 radical (unpaired) electrons. The first-order chi connectivity index (χ1) is 11.5. The van der Waals surface area contributed by atoms with Crippen molar-refractivity contribution in [3.05, 3.63) is 58.6 Å². The number of H-pyrrole nitrogens is 1. The molecule has 0 aliphatic rings. The molecular weight excluding hydrogens is 332 g/mol. The predicted molar refractivity (Wildman–Crippen MR) is 87.5 cm³/mol. The molecule has 8 nitrogen and oxygen atoms in total. The number of carbonyl (C=O) groups excluding carboxylic acids is 2. The van der Waals surface area contributed by atoms with Crippen molar-refractivity contribution in [1.82, 2.24) is 20.6 Å². The van der Waals surface area contributed by atoms with E-state index in [-0.39, 0.29) is 22.9 Å². The van der Waals surface area contributed by atoms with Gasteiger partial charge in [0.1, 0.15) is 0 Å². The predicted octanol–water partition coefficient (Wildman–Crippen LogP) is 1.87. The van der Waals surface area contributed by atoms with E-state index in [0.717, 1.165) is 0 Å². The van der Waals surface area contributed by atoms with Crippen LogP contribution in [0.4, 0.5) is 5.69 Å². The summed E-state index contributed by atoms with van der Waals surface area (Å²) in [4.78, 5) is 24.0. The highest BCUT2D eigenvalue weighted by molar-refractivity contribution is 6.30. The minimum Gasteiger partial charge on any atom is -0.366 e. The Hall–Kier alpha value is -3.26. The number of rotatable bonds is 4. The number of nitrogens with zero attached hydrogens (tertiary/aromatic N) is 3. The van der Waals surface area contributed by atoms with E-state index >= 15 is 0 Å². The van der Waals surface area contributed by atoms with Crippen LogP contribution in [0, 0.1) is 0 Å². The second kappa shape index (κ2) is 6.47. The number of tetrazole rings is 1. The van der Waals surface area contributed by atoms with E-state index in [1.165, 1.54) is 6.07 Å². The van der Waals surface area contributed by atoms with Gasteiger partial charge in [-0.3, -0.25) is 9.59 Å². The first-order valence-corrected chi connectivity index (χ1v) is 7.17. The van der Waals surface area contributed by atoms with Gasteiger partial charge in [-0.2, -0.15) is 5.21 Å². The summed E-state index contributed by atoms with van der Waals surface area (Å²) in [5, 5.41) is 16.6. The number of carbonyl (C=O) groups is 2. The number of hydrogen-bond acceptors (Lipinski definition) is 5. The summed E-state index contributed by atoms with van der Waals surface area (Å²) in [5.41, 5.74) is 6.75. The zero-order valence-corrected chi connectivity index (χ0v) is 12.9. The third-order valence-electron chi connectivity index (χ3n) is 3.24. The standard InChI is InChI=1S/C15H11ClN6O2/c16-9-2-4-10(5-3-9)18-15(24)8-1-6-11(12(7-8)13(17)23)14-19-21-22-20-14/h1-7H,(H2,17,23)(H,18,24)(H,19,20,21,22). The number of anilines is 1. The van der Waals surface area contributed by atoms with Gasteiger partial charge in [-0.05, 0) is 47.7 Å². The number of aromatic nitrogens is 4. The summed E-state index contributed by atoms with van der Waals surface area (Å²) in [7, 11) is 0. The highest BCUT2D eigenvalue weighted by Gasteiger charge is 2.17. The zero-order valence-electron chi connectivity index (χ0n) is 12.2. The fraction of sp³-hybridized carbons (Fsp3) is 0. The number of nitrogens with two attached hydrogens (primary N) is 1. The van der Waals surface area contributed by atoms with Crippen LogP contribution in [0.5, 0.6) is 0 Å². The van der Waals surface area contributed by atoms with Gasteiger partial charge in [0.15, 0.2) is 0 Å².